The number of carboxylic acid groups (broad SMARTS) is 1. The summed E-state index contributed by atoms with van der Waals surface area (Å²) in [6.07, 6.45) is 4.45. The fourth-order valence-electron chi connectivity index (χ4n) is 1.55. The van der Waals surface area contributed by atoms with E-state index in [0.29, 0.717) is 18.1 Å². The highest BCUT2D eigenvalue weighted by Gasteiger charge is 2.11. The highest BCUT2D eigenvalue weighted by molar-refractivity contribution is 5.94. The van der Waals surface area contributed by atoms with Gasteiger partial charge in [0.1, 0.15) is 12.6 Å². The van der Waals surface area contributed by atoms with Gasteiger partial charge in [-0.2, -0.15) is 0 Å². The Bertz CT molecular complexity index is 580. The number of amides is 1. The van der Waals surface area contributed by atoms with Gasteiger partial charge in [0.05, 0.1) is 7.11 Å². The Hall–Kier alpha value is -2.76. The van der Waals surface area contributed by atoms with Crippen LogP contribution in [0.4, 0.5) is 0 Å². The predicted octanol–water partition coefficient (Wildman–Crippen LogP) is 1.86. The highest BCUT2D eigenvalue weighted by Crippen LogP contribution is 2.28. The molecule has 0 aromatic heterocycles. The average molecular weight is 305 g/mol. The first-order valence-electron chi connectivity index (χ1n) is 6.61. The molecule has 0 heterocycles. The summed E-state index contributed by atoms with van der Waals surface area (Å²) in [5.41, 5.74) is 0.723. The van der Waals surface area contributed by atoms with Gasteiger partial charge < -0.3 is 19.9 Å². The van der Waals surface area contributed by atoms with Gasteiger partial charge in [-0.3, -0.25) is 9.59 Å². The SMILES string of the molecule is C=CCOc1ccc(C=CC(=O)N[C@@H](C)C(=O)O)cc1OC. The number of carbonyl (C=O) groups excluding carboxylic acids is 1. The summed E-state index contributed by atoms with van der Waals surface area (Å²) in [4.78, 5) is 22.2. The summed E-state index contributed by atoms with van der Waals surface area (Å²) in [5, 5.41) is 11.0. The first-order chi connectivity index (χ1) is 10.5. The van der Waals surface area contributed by atoms with Gasteiger partial charge in [-0.15, -0.1) is 0 Å². The molecule has 2 N–H and O–H groups in total. The second kappa shape index (κ2) is 8.51. The van der Waals surface area contributed by atoms with E-state index in [1.165, 1.54) is 20.1 Å². The van der Waals surface area contributed by atoms with E-state index in [0.717, 1.165) is 5.56 Å². The van der Waals surface area contributed by atoms with Crippen LogP contribution in [-0.2, 0) is 9.59 Å². The van der Waals surface area contributed by atoms with Crippen LogP contribution in [0.3, 0.4) is 0 Å². The lowest BCUT2D eigenvalue weighted by Gasteiger charge is -2.10. The van der Waals surface area contributed by atoms with E-state index in [4.69, 9.17) is 14.6 Å². The minimum absolute atomic E-state index is 0.362. The lowest BCUT2D eigenvalue weighted by Crippen LogP contribution is -2.37. The molecule has 0 aliphatic rings. The Morgan fingerprint density at radius 1 is 1.41 bits per heavy atom. The van der Waals surface area contributed by atoms with E-state index in [-0.39, 0.29) is 0 Å². The molecule has 0 aliphatic carbocycles. The molecule has 0 unspecified atom stereocenters. The number of carbonyl (C=O) groups is 2. The third-order valence-electron chi connectivity index (χ3n) is 2.70. The predicted molar refractivity (Wildman–Crippen MR) is 83.0 cm³/mol. The molecule has 118 valence electrons. The maximum Gasteiger partial charge on any atom is 0.325 e. The van der Waals surface area contributed by atoms with Crippen LogP contribution in [-0.4, -0.2) is 36.7 Å². The van der Waals surface area contributed by atoms with Gasteiger partial charge in [-0.25, -0.2) is 0 Å². The minimum atomic E-state index is -1.09. The molecule has 1 atom stereocenters. The normalized spacial score (nSPS) is 11.7. The summed E-state index contributed by atoms with van der Waals surface area (Å²) < 4.78 is 10.6. The van der Waals surface area contributed by atoms with Crippen molar-refractivity contribution < 1.29 is 24.2 Å². The van der Waals surface area contributed by atoms with Crippen molar-refractivity contribution in [2.45, 2.75) is 13.0 Å². The van der Waals surface area contributed by atoms with Crippen LogP contribution < -0.4 is 14.8 Å². The Kier molecular flexibility index (Phi) is 6.69. The summed E-state index contributed by atoms with van der Waals surface area (Å²) in [6.45, 7) is 5.32. The topological polar surface area (TPSA) is 84.9 Å². The zero-order chi connectivity index (χ0) is 16.5. The average Bonchev–Trinajstić information content (AvgIpc) is 2.50. The van der Waals surface area contributed by atoms with E-state index >= 15 is 0 Å². The van der Waals surface area contributed by atoms with Gasteiger partial charge in [0.2, 0.25) is 5.91 Å². The highest BCUT2D eigenvalue weighted by atomic mass is 16.5. The molecule has 1 aromatic rings. The molecule has 0 bridgehead atoms. The Labute approximate surface area is 129 Å². The van der Waals surface area contributed by atoms with Crippen LogP contribution in [0, 0.1) is 0 Å². The number of methoxy groups -OCH3 is 1. The van der Waals surface area contributed by atoms with Crippen LogP contribution in [0.2, 0.25) is 0 Å². The van der Waals surface area contributed by atoms with Gasteiger partial charge in [-0.05, 0) is 30.7 Å². The molecule has 0 radical (unpaired) electrons. The fraction of sp³-hybridized carbons (Fsp3) is 0.250. The van der Waals surface area contributed by atoms with Crippen molar-refractivity contribution in [3.05, 3.63) is 42.5 Å². The van der Waals surface area contributed by atoms with E-state index in [9.17, 15) is 9.59 Å². The molecule has 0 saturated heterocycles. The van der Waals surface area contributed by atoms with Crippen LogP contribution in [0.25, 0.3) is 6.08 Å². The van der Waals surface area contributed by atoms with Crippen molar-refractivity contribution in [2.75, 3.05) is 13.7 Å². The fourth-order valence-corrected chi connectivity index (χ4v) is 1.55. The molecular formula is C16H19NO5. The van der Waals surface area contributed by atoms with Gasteiger partial charge in [0, 0.05) is 6.08 Å². The van der Waals surface area contributed by atoms with Crippen LogP contribution in [0.5, 0.6) is 11.5 Å². The van der Waals surface area contributed by atoms with E-state index < -0.39 is 17.9 Å². The van der Waals surface area contributed by atoms with Crippen molar-refractivity contribution in [1.82, 2.24) is 5.32 Å². The second-order valence-electron chi connectivity index (χ2n) is 4.41. The first kappa shape index (κ1) is 17.3. The summed E-state index contributed by atoms with van der Waals surface area (Å²) >= 11 is 0. The Morgan fingerprint density at radius 3 is 2.73 bits per heavy atom. The molecule has 1 amide bonds. The van der Waals surface area contributed by atoms with Gasteiger partial charge in [-0.1, -0.05) is 18.7 Å². The third kappa shape index (κ3) is 5.32. The number of benzene rings is 1. The molecule has 0 aliphatic heterocycles. The van der Waals surface area contributed by atoms with E-state index in [2.05, 4.69) is 11.9 Å². The molecule has 1 rings (SSSR count). The Morgan fingerprint density at radius 2 is 2.14 bits per heavy atom. The number of ether oxygens (including phenoxy) is 2. The zero-order valence-corrected chi connectivity index (χ0v) is 12.5. The first-order valence-corrected chi connectivity index (χ1v) is 6.61. The number of carboxylic acids is 1. The molecule has 0 saturated carbocycles. The molecule has 0 fully saturated rings. The minimum Gasteiger partial charge on any atom is -0.493 e. The smallest absolute Gasteiger partial charge is 0.325 e. The second-order valence-corrected chi connectivity index (χ2v) is 4.41. The summed E-state index contributed by atoms with van der Waals surface area (Å²) in [5.74, 6) is -0.472. The summed E-state index contributed by atoms with van der Waals surface area (Å²) in [7, 11) is 1.52. The maximum absolute atomic E-state index is 11.6. The molecule has 0 spiro atoms. The lowest BCUT2D eigenvalue weighted by molar-refractivity contribution is -0.140. The van der Waals surface area contributed by atoms with Crippen LogP contribution in [0.15, 0.2) is 36.9 Å². The van der Waals surface area contributed by atoms with Crippen molar-refractivity contribution in [1.29, 1.82) is 0 Å². The largest absolute Gasteiger partial charge is 0.493 e. The number of aliphatic carboxylic acids is 1. The standard InChI is InChI=1S/C16H19NO5/c1-4-9-22-13-7-5-12(10-14(13)21-3)6-8-15(18)17-11(2)16(19)20/h4-8,10-11H,1,9H2,2-3H3,(H,17,18)(H,19,20)/t11-/m0/s1. The van der Waals surface area contributed by atoms with Crippen molar-refractivity contribution in [3.8, 4) is 11.5 Å². The zero-order valence-electron chi connectivity index (χ0n) is 12.5. The number of rotatable bonds is 8. The molecule has 22 heavy (non-hydrogen) atoms. The van der Waals surface area contributed by atoms with Crippen molar-refractivity contribution in [2.24, 2.45) is 0 Å². The number of hydrogen-bond donors (Lipinski definition) is 2. The van der Waals surface area contributed by atoms with Gasteiger partial charge >= 0.3 is 5.97 Å². The van der Waals surface area contributed by atoms with E-state index in [1.807, 2.05) is 0 Å². The number of nitrogens with one attached hydrogen (secondary N) is 1. The van der Waals surface area contributed by atoms with Crippen LogP contribution in [0.1, 0.15) is 12.5 Å². The molecular weight excluding hydrogens is 286 g/mol. The summed E-state index contributed by atoms with van der Waals surface area (Å²) in [6, 6.07) is 4.25. The number of hydrogen-bond acceptors (Lipinski definition) is 4. The third-order valence-corrected chi connectivity index (χ3v) is 2.70. The lowest BCUT2D eigenvalue weighted by atomic mass is 10.2. The van der Waals surface area contributed by atoms with Crippen molar-refractivity contribution >= 4 is 18.0 Å². The van der Waals surface area contributed by atoms with Crippen molar-refractivity contribution in [3.63, 3.8) is 0 Å². The van der Waals surface area contributed by atoms with E-state index in [1.54, 1.807) is 30.4 Å². The Balaban J connectivity index is 2.76. The quantitative estimate of drug-likeness (QED) is 0.565. The monoisotopic (exact) mass is 305 g/mol. The van der Waals surface area contributed by atoms with Crippen LogP contribution >= 0.6 is 0 Å². The molecule has 6 heteroatoms. The molecule has 6 nitrogen and oxygen atoms in total. The molecule has 1 aromatic carbocycles. The maximum atomic E-state index is 11.6. The van der Waals surface area contributed by atoms with Gasteiger partial charge in [0.25, 0.3) is 0 Å². The van der Waals surface area contributed by atoms with Gasteiger partial charge in [0.15, 0.2) is 11.5 Å².